The normalized spacial score (nSPS) is 17.3. The van der Waals surface area contributed by atoms with Crippen molar-refractivity contribution in [3.05, 3.63) is 42.1 Å². The van der Waals surface area contributed by atoms with E-state index in [9.17, 15) is 0 Å². The third-order valence-corrected chi connectivity index (χ3v) is 3.12. The van der Waals surface area contributed by atoms with E-state index in [1.807, 2.05) is 18.2 Å². The second-order valence-electron chi connectivity index (χ2n) is 4.12. The highest BCUT2D eigenvalue weighted by Crippen LogP contribution is 2.46. The summed E-state index contributed by atoms with van der Waals surface area (Å²) in [7, 11) is 0. The van der Waals surface area contributed by atoms with Gasteiger partial charge in [0.15, 0.2) is 0 Å². The standard InChI is InChI=1S/C14H11N/c1-2-14(9-10-14)13-8-7-11-5-3-4-6-12(11)15-13/h1,3-8H,9-10H2. The topological polar surface area (TPSA) is 12.9 Å². The Kier molecular flexibility index (Phi) is 1.61. The number of aromatic nitrogens is 1. The highest BCUT2D eigenvalue weighted by Gasteiger charge is 2.43. The molecule has 0 aliphatic heterocycles. The molecule has 0 N–H and O–H groups in total. The number of fused-ring (bicyclic) bond motifs is 1. The van der Waals surface area contributed by atoms with Crippen LogP contribution in [0.15, 0.2) is 36.4 Å². The minimum absolute atomic E-state index is 0.0516. The lowest BCUT2D eigenvalue weighted by molar-refractivity contribution is 0.881. The Morgan fingerprint density at radius 3 is 2.67 bits per heavy atom. The summed E-state index contributed by atoms with van der Waals surface area (Å²) < 4.78 is 0. The minimum Gasteiger partial charge on any atom is -0.251 e. The van der Waals surface area contributed by atoms with E-state index >= 15 is 0 Å². The third kappa shape index (κ3) is 1.22. The first-order valence-corrected chi connectivity index (χ1v) is 5.18. The van der Waals surface area contributed by atoms with Gasteiger partial charge in [-0.2, -0.15) is 0 Å². The molecule has 1 fully saturated rings. The van der Waals surface area contributed by atoms with Crippen LogP contribution < -0.4 is 0 Å². The molecule has 72 valence electrons. The molecule has 1 heteroatoms. The average molecular weight is 193 g/mol. The molecule has 2 aromatic rings. The number of pyridine rings is 1. The molecule has 0 unspecified atom stereocenters. The summed E-state index contributed by atoms with van der Waals surface area (Å²) in [5, 5.41) is 1.18. The number of terminal acetylenes is 1. The first-order valence-electron chi connectivity index (χ1n) is 5.18. The molecule has 0 spiro atoms. The zero-order valence-corrected chi connectivity index (χ0v) is 8.40. The molecule has 15 heavy (non-hydrogen) atoms. The first kappa shape index (κ1) is 8.49. The van der Waals surface area contributed by atoms with E-state index in [-0.39, 0.29) is 5.41 Å². The molecular formula is C14H11N. The Morgan fingerprint density at radius 1 is 1.13 bits per heavy atom. The van der Waals surface area contributed by atoms with Gasteiger partial charge < -0.3 is 0 Å². The molecular weight excluding hydrogens is 182 g/mol. The second kappa shape index (κ2) is 2.84. The Balaban J connectivity index is 2.19. The van der Waals surface area contributed by atoms with Crippen molar-refractivity contribution in [2.24, 2.45) is 0 Å². The Bertz CT molecular complexity index is 559. The number of benzene rings is 1. The van der Waals surface area contributed by atoms with Gasteiger partial charge in [0, 0.05) is 5.39 Å². The highest BCUT2D eigenvalue weighted by atomic mass is 14.7. The molecule has 1 nitrogen and oxygen atoms in total. The van der Waals surface area contributed by atoms with Crippen LogP contribution in [0, 0.1) is 12.3 Å². The zero-order valence-electron chi connectivity index (χ0n) is 8.40. The van der Waals surface area contributed by atoms with Crippen molar-refractivity contribution in [2.75, 3.05) is 0 Å². The number of hydrogen-bond acceptors (Lipinski definition) is 1. The maximum absolute atomic E-state index is 5.55. The molecule has 0 saturated heterocycles. The highest BCUT2D eigenvalue weighted by molar-refractivity contribution is 5.78. The van der Waals surface area contributed by atoms with Gasteiger partial charge in [0.25, 0.3) is 0 Å². The van der Waals surface area contributed by atoms with Crippen LogP contribution in [0.4, 0.5) is 0 Å². The van der Waals surface area contributed by atoms with Crippen LogP contribution in [0.5, 0.6) is 0 Å². The fourth-order valence-corrected chi connectivity index (χ4v) is 1.93. The van der Waals surface area contributed by atoms with E-state index in [0.717, 1.165) is 24.1 Å². The molecule has 1 aliphatic rings. The minimum atomic E-state index is -0.0516. The van der Waals surface area contributed by atoms with Crippen LogP contribution in [-0.2, 0) is 5.41 Å². The Hall–Kier alpha value is -1.81. The summed E-state index contributed by atoms with van der Waals surface area (Å²) in [6.07, 6.45) is 7.71. The maximum Gasteiger partial charge on any atom is 0.0733 e. The van der Waals surface area contributed by atoms with E-state index in [1.54, 1.807) is 0 Å². The third-order valence-electron chi connectivity index (χ3n) is 3.12. The van der Waals surface area contributed by atoms with Crippen LogP contribution in [-0.4, -0.2) is 4.98 Å². The Morgan fingerprint density at radius 2 is 1.93 bits per heavy atom. The van der Waals surface area contributed by atoms with Crippen molar-refractivity contribution in [3.63, 3.8) is 0 Å². The van der Waals surface area contributed by atoms with Gasteiger partial charge in [0.05, 0.1) is 16.6 Å². The molecule has 0 atom stereocenters. The van der Waals surface area contributed by atoms with E-state index in [4.69, 9.17) is 6.42 Å². The second-order valence-corrected chi connectivity index (χ2v) is 4.12. The van der Waals surface area contributed by atoms with Gasteiger partial charge in [-0.3, -0.25) is 4.98 Å². The smallest absolute Gasteiger partial charge is 0.0733 e. The van der Waals surface area contributed by atoms with Crippen molar-refractivity contribution < 1.29 is 0 Å². The number of rotatable bonds is 1. The van der Waals surface area contributed by atoms with Crippen molar-refractivity contribution in [3.8, 4) is 12.3 Å². The van der Waals surface area contributed by atoms with Gasteiger partial charge in [-0.15, -0.1) is 6.42 Å². The van der Waals surface area contributed by atoms with Crippen LogP contribution in [0.3, 0.4) is 0 Å². The van der Waals surface area contributed by atoms with E-state index in [2.05, 4.69) is 29.1 Å². The predicted molar refractivity (Wildman–Crippen MR) is 61.5 cm³/mol. The molecule has 0 bridgehead atoms. The molecule has 0 radical (unpaired) electrons. The molecule has 1 aromatic heterocycles. The lowest BCUT2D eigenvalue weighted by atomic mass is 10.0. The first-order chi connectivity index (χ1) is 7.34. The number of para-hydroxylation sites is 1. The van der Waals surface area contributed by atoms with Gasteiger partial charge in [-0.05, 0) is 25.0 Å². The zero-order chi connectivity index (χ0) is 10.3. The van der Waals surface area contributed by atoms with Gasteiger partial charge in [-0.1, -0.05) is 30.2 Å². The molecule has 0 amide bonds. The summed E-state index contributed by atoms with van der Waals surface area (Å²) in [6.45, 7) is 0. The molecule has 3 rings (SSSR count). The largest absolute Gasteiger partial charge is 0.251 e. The predicted octanol–water partition coefficient (Wildman–Crippen LogP) is 2.90. The molecule has 1 aromatic carbocycles. The van der Waals surface area contributed by atoms with Gasteiger partial charge >= 0.3 is 0 Å². The van der Waals surface area contributed by atoms with Crippen molar-refractivity contribution in [1.82, 2.24) is 4.98 Å². The summed E-state index contributed by atoms with van der Waals surface area (Å²) in [6, 6.07) is 12.3. The summed E-state index contributed by atoms with van der Waals surface area (Å²) >= 11 is 0. The molecule has 1 aliphatic carbocycles. The van der Waals surface area contributed by atoms with Gasteiger partial charge in [0.2, 0.25) is 0 Å². The van der Waals surface area contributed by atoms with Crippen LogP contribution in [0.2, 0.25) is 0 Å². The lowest BCUT2D eigenvalue weighted by Crippen LogP contribution is -2.05. The number of nitrogens with zero attached hydrogens (tertiary/aromatic N) is 1. The van der Waals surface area contributed by atoms with Gasteiger partial charge in [-0.25, -0.2) is 0 Å². The van der Waals surface area contributed by atoms with E-state index in [0.29, 0.717) is 0 Å². The fourth-order valence-electron chi connectivity index (χ4n) is 1.93. The summed E-state index contributed by atoms with van der Waals surface area (Å²) in [5.74, 6) is 2.87. The van der Waals surface area contributed by atoms with Crippen molar-refractivity contribution >= 4 is 10.9 Å². The quantitative estimate of drug-likeness (QED) is 0.634. The monoisotopic (exact) mass is 193 g/mol. The summed E-state index contributed by atoms with van der Waals surface area (Å²) in [4.78, 5) is 4.64. The molecule has 1 heterocycles. The number of hydrogen-bond donors (Lipinski definition) is 0. The average Bonchev–Trinajstić information content (AvgIpc) is 3.09. The lowest BCUT2D eigenvalue weighted by Gasteiger charge is -2.07. The van der Waals surface area contributed by atoms with Crippen molar-refractivity contribution in [2.45, 2.75) is 18.3 Å². The fraction of sp³-hybridized carbons (Fsp3) is 0.214. The van der Waals surface area contributed by atoms with E-state index < -0.39 is 0 Å². The maximum atomic E-state index is 5.55. The van der Waals surface area contributed by atoms with E-state index in [1.165, 1.54) is 5.39 Å². The van der Waals surface area contributed by atoms with Crippen LogP contribution >= 0.6 is 0 Å². The van der Waals surface area contributed by atoms with Crippen molar-refractivity contribution in [1.29, 1.82) is 0 Å². The molecule has 1 saturated carbocycles. The van der Waals surface area contributed by atoms with Gasteiger partial charge in [0.1, 0.15) is 0 Å². The Labute approximate surface area is 89.2 Å². The van der Waals surface area contributed by atoms with Crippen LogP contribution in [0.1, 0.15) is 18.5 Å². The van der Waals surface area contributed by atoms with Crippen LogP contribution in [0.25, 0.3) is 10.9 Å². The summed E-state index contributed by atoms with van der Waals surface area (Å²) in [5.41, 5.74) is 2.05. The SMILES string of the molecule is C#CC1(c2ccc3ccccc3n2)CC1.